The molecule has 0 fully saturated rings. The number of nitrogens with zero attached hydrogens (tertiary/aromatic N) is 2. The molecule has 4 aromatic rings. The summed E-state index contributed by atoms with van der Waals surface area (Å²) in [6, 6.07) is 19.6. The molecule has 0 unspecified atom stereocenters. The van der Waals surface area contributed by atoms with E-state index in [0.717, 1.165) is 34.4 Å². The summed E-state index contributed by atoms with van der Waals surface area (Å²) in [5, 5.41) is 0.928. The van der Waals surface area contributed by atoms with E-state index in [1.807, 2.05) is 42.6 Å². The summed E-state index contributed by atoms with van der Waals surface area (Å²) in [6.07, 6.45) is 3.55. The topological polar surface area (TPSA) is 36.3 Å². The Balaban J connectivity index is 1.52. The Hall–Kier alpha value is -2.83. The van der Waals surface area contributed by atoms with Crippen molar-refractivity contribution in [3.8, 4) is 16.9 Å². The van der Waals surface area contributed by atoms with Crippen LogP contribution in [0.1, 0.15) is 0 Å². The largest absolute Gasteiger partial charge is 0.324 e. The van der Waals surface area contributed by atoms with Crippen molar-refractivity contribution in [1.29, 1.82) is 0 Å². The maximum absolute atomic E-state index is 13.4. The molecule has 6 heteroatoms. The van der Waals surface area contributed by atoms with Gasteiger partial charge >= 0.3 is 0 Å². The smallest absolute Gasteiger partial charge is 0.170 e. The molecule has 25 heavy (non-hydrogen) atoms. The molecule has 0 saturated heterocycles. The van der Waals surface area contributed by atoms with Crippen molar-refractivity contribution in [3.05, 3.63) is 84.9 Å². The molecule has 0 aliphatic heterocycles. The molecule has 2 aromatic heterocycles. The van der Waals surface area contributed by atoms with Gasteiger partial charge in [-0.25, -0.2) is 13.3 Å². The average molecular weight is 352 g/mol. The molecular weight excluding hydrogens is 339 g/mol. The van der Waals surface area contributed by atoms with Crippen molar-refractivity contribution in [3.63, 3.8) is 0 Å². The SMILES string of the molecule is Fc1cccc(-c2cnc3c(ccn3SOOc3ccccc3)c2)c1. The van der Waals surface area contributed by atoms with E-state index in [0.29, 0.717) is 5.75 Å². The first-order valence-corrected chi connectivity index (χ1v) is 8.29. The molecule has 0 saturated carbocycles. The summed E-state index contributed by atoms with van der Waals surface area (Å²) in [7, 11) is 0. The highest BCUT2D eigenvalue weighted by Crippen LogP contribution is 2.26. The van der Waals surface area contributed by atoms with Crippen LogP contribution in [0.2, 0.25) is 0 Å². The number of halogens is 1. The van der Waals surface area contributed by atoms with Crippen molar-refractivity contribution in [2.24, 2.45) is 0 Å². The maximum atomic E-state index is 13.4. The van der Waals surface area contributed by atoms with Crippen LogP contribution in [0.5, 0.6) is 5.75 Å². The lowest BCUT2D eigenvalue weighted by atomic mass is 10.1. The predicted molar refractivity (Wildman–Crippen MR) is 96.3 cm³/mol. The second-order valence-electron chi connectivity index (χ2n) is 5.33. The van der Waals surface area contributed by atoms with Crippen molar-refractivity contribution in [1.82, 2.24) is 8.96 Å². The fourth-order valence-corrected chi connectivity index (χ4v) is 2.96. The minimum atomic E-state index is -0.266. The van der Waals surface area contributed by atoms with Gasteiger partial charge in [0.05, 0.1) is 0 Å². The van der Waals surface area contributed by atoms with E-state index in [1.165, 1.54) is 12.1 Å². The van der Waals surface area contributed by atoms with E-state index in [4.69, 9.17) is 9.22 Å². The number of fused-ring (bicyclic) bond motifs is 1. The molecule has 4 nitrogen and oxygen atoms in total. The molecule has 0 amide bonds. The van der Waals surface area contributed by atoms with Crippen LogP contribution in [-0.4, -0.2) is 8.96 Å². The molecule has 2 aromatic carbocycles. The fourth-order valence-electron chi connectivity index (χ4n) is 2.45. The lowest BCUT2D eigenvalue weighted by Crippen LogP contribution is -1.94. The van der Waals surface area contributed by atoms with Crippen LogP contribution < -0.4 is 4.89 Å². The van der Waals surface area contributed by atoms with E-state index >= 15 is 0 Å². The Bertz CT molecular complexity index is 1000. The van der Waals surface area contributed by atoms with Gasteiger partial charge in [0.15, 0.2) is 23.6 Å². The Kier molecular flexibility index (Phi) is 4.37. The Morgan fingerprint density at radius 3 is 2.64 bits per heavy atom. The average Bonchev–Trinajstić information content (AvgIpc) is 3.05. The number of hydrogen-bond acceptors (Lipinski definition) is 4. The van der Waals surface area contributed by atoms with E-state index < -0.39 is 0 Å². The first-order chi connectivity index (χ1) is 12.3. The van der Waals surface area contributed by atoms with Gasteiger partial charge in [-0.1, -0.05) is 34.7 Å². The van der Waals surface area contributed by atoms with Gasteiger partial charge in [-0.05, 0) is 42.0 Å². The molecule has 0 aliphatic rings. The molecule has 0 bridgehead atoms. The van der Waals surface area contributed by atoms with Crippen LogP contribution in [0.25, 0.3) is 22.2 Å². The number of hydrogen-bond donors (Lipinski definition) is 0. The van der Waals surface area contributed by atoms with Crippen LogP contribution in [0.4, 0.5) is 4.39 Å². The number of para-hydroxylation sites is 1. The van der Waals surface area contributed by atoms with Crippen molar-refractivity contribution in [2.75, 3.05) is 0 Å². The molecule has 0 atom stereocenters. The van der Waals surface area contributed by atoms with Crippen LogP contribution in [0, 0.1) is 5.82 Å². The first-order valence-electron chi connectivity index (χ1n) is 7.59. The van der Waals surface area contributed by atoms with Crippen LogP contribution in [-0.2, 0) is 4.33 Å². The van der Waals surface area contributed by atoms with Crippen molar-refractivity contribution in [2.45, 2.75) is 0 Å². The van der Waals surface area contributed by atoms with Gasteiger partial charge in [0.1, 0.15) is 5.82 Å². The van der Waals surface area contributed by atoms with Gasteiger partial charge in [0.2, 0.25) is 0 Å². The second-order valence-corrected chi connectivity index (χ2v) is 6.01. The molecular formula is C19H13FN2O2S. The highest BCUT2D eigenvalue weighted by Gasteiger charge is 2.07. The van der Waals surface area contributed by atoms with Gasteiger partial charge < -0.3 is 4.89 Å². The molecule has 2 heterocycles. The second kappa shape index (κ2) is 6.96. The number of aromatic nitrogens is 2. The van der Waals surface area contributed by atoms with Gasteiger partial charge in [0.25, 0.3) is 0 Å². The number of pyridine rings is 1. The third kappa shape index (κ3) is 3.50. The zero-order valence-electron chi connectivity index (χ0n) is 13.0. The Labute approximate surface area is 148 Å². The lowest BCUT2D eigenvalue weighted by Gasteiger charge is -2.05. The number of rotatable bonds is 5. The van der Waals surface area contributed by atoms with Gasteiger partial charge in [-0.15, -0.1) is 0 Å². The fraction of sp³-hybridized carbons (Fsp3) is 0. The summed E-state index contributed by atoms with van der Waals surface area (Å²) >= 11 is 1.03. The van der Waals surface area contributed by atoms with Gasteiger partial charge in [0, 0.05) is 23.3 Å². The normalized spacial score (nSPS) is 10.9. The lowest BCUT2D eigenvalue weighted by molar-refractivity contribution is -0.0785. The van der Waals surface area contributed by atoms with E-state index in [-0.39, 0.29) is 5.82 Å². The molecule has 0 spiro atoms. The monoisotopic (exact) mass is 352 g/mol. The molecule has 124 valence electrons. The minimum Gasteiger partial charge on any atom is -0.324 e. The van der Waals surface area contributed by atoms with E-state index in [1.54, 1.807) is 28.4 Å². The highest BCUT2D eigenvalue weighted by molar-refractivity contribution is 7.93. The van der Waals surface area contributed by atoms with Gasteiger partial charge in [-0.2, -0.15) is 0 Å². The quantitative estimate of drug-likeness (QED) is 0.279. The predicted octanol–water partition coefficient (Wildman–Crippen LogP) is 5.26. The number of benzene rings is 2. The van der Waals surface area contributed by atoms with Crippen LogP contribution in [0.15, 0.2) is 79.1 Å². The van der Waals surface area contributed by atoms with Crippen molar-refractivity contribution >= 4 is 23.3 Å². The third-order valence-electron chi connectivity index (χ3n) is 3.64. The maximum Gasteiger partial charge on any atom is 0.170 e. The summed E-state index contributed by atoms with van der Waals surface area (Å²) in [6.45, 7) is 0. The summed E-state index contributed by atoms with van der Waals surface area (Å²) < 4.78 is 20.3. The summed E-state index contributed by atoms with van der Waals surface area (Å²) in [4.78, 5) is 9.66. The van der Waals surface area contributed by atoms with Crippen LogP contribution in [0.3, 0.4) is 0 Å². The van der Waals surface area contributed by atoms with Crippen molar-refractivity contribution < 1.29 is 13.6 Å². The Morgan fingerprint density at radius 1 is 0.920 bits per heavy atom. The molecule has 0 N–H and O–H groups in total. The standard InChI is InChI=1S/C19H13FN2O2S/c20-17-6-4-5-14(12-17)16-11-15-9-10-22(19(15)21-13-16)25-24-23-18-7-2-1-3-8-18/h1-13H. The summed E-state index contributed by atoms with van der Waals surface area (Å²) in [5.74, 6) is 0.352. The van der Waals surface area contributed by atoms with E-state index in [2.05, 4.69) is 4.98 Å². The molecule has 0 radical (unpaired) electrons. The minimum absolute atomic E-state index is 0.266. The van der Waals surface area contributed by atoms with E-state index in [9.17, 15) is 4.39 Å². The highest BCUT2D eigenvalue weighted by atomic mass is 32.2. The van der Waals surface area contributed by atoms with Gasteiger partial charge in [-0.3, -0.25) is 0 Å². The third-order valence-corrected chi connectivity index (χ3v) is 4.22. The zero-order chi connectivity index (χ0) is 17.1. The zero-order valence-corrected chi connectivity index (χ0v) is 13.8. The summed E-state index contributed by atoms with van der Waals surface area (Å²) in [5.41, 5.74) is 2.39. The first kappa shape index (κ1) is 15.7. The molecule has 0 aliphatic carbocycles. The molecule has 4 rings (SSSR count). The Morgan fingerprint density at radius 2 is 1.80 bits per heavy atom. The van der Waals surface area contributed by atoms with Crippen LogP contribution >= 0.6 is 12.2 Å².